The number of rotatable bonds is 7. The molecule has 6 heteroatoms. The van der Waals surface area contributed by atoms with Gasteiger partial charge in [-0.2, -0.15) is 5.06 Å². The molecule has 0 atom stereocenters. The number of hydrogen-bond acceptors (Lipinski definition) is 4. The van der Waals surface area contributed by atoms with Crippen LogP contribution < -0.4 is 4.90 Å². The van der Waals surface area contributed by atoms with E-state index in [4.69, 9.17) is 4.74 Å². The number of hydroxylamine groups is 2. The molecule has 0 aliphatic heterocycles. The molecule has 0 radical (unpaired) electrons. The number of hydrogen-bond donors (Lipinski definition) is 1. The Kier molecular flexibility index (Phi) is 7.39. The van der Waals surface area contributed by atoms with Crippen molar-refractivity contribution in [3.05, 3.63) is 78.4 Å². The highest BCUT2D eigenvalue weighted by Crippen LogP contribution is 2.11. The SMILES string of the molecule is CN(C(=O)/C=C/CCN(O)C(=O)OCc1ccccc1)c1ccccc1. The Bertz CT molecular complexity index is 732. The smallest absolute Gasteiger partial charge is 0.434 e. The van der Waals surface area contributed by atoms with Crippen molar-refractivity contribution in [1.82, 2.24) is 5.06 Å². The zero-order chi connectivity index (χ0) is 18.8. The van der Waals surface area contributed by atoms with Gasteiger partial charge in [0.1, 0.15) is 6.61 Å². The monoisotopic (exact) mass is 354 g/mol. The molecule has 0 aliphatic rings. The van der Waals surface area contributed by atoms with Crippen LogP contribution in [0.5, 0.6) is 0 Å². The van der Waals surface area contributed by atoms with E-state index in [9.17, 15) is 14.8 Å². The fraction of sp³-hybridized carbons (Fsp3) is 0.200. The lowest BCUT2D eigenvalue weighted by Gasteiger charge is -2.15. The van der Waals surface area contributed by atoms with Crippen LogP contribution >= 0.6 is 0 Å². The van der Waals surface area contributed by atoms with E-state index >= 15 is 0 Å². The van der Waals surface area contributed by atoms with Gasteiger partial charge in [-0.05, 0) is 30.2 Å². The van der Waals surface area contributed by atoms with E-state index in [1.807, 2.05) is 60.7 Å². The lowest BCUT2D eigenvalue weighted by molar-refractivity contribution is -0.113. The Morgan fingerprint density at radius 2 is 1.65 bits per heavy atom. The number of anilines is 1. The Morgan fingerprint density at radius 3 is 2.31 bits per heavy atom. The number of amides is 2. The van der Waals surface area contributed by atoms with Crippen LogP contribution in [0.15, 0.2) is 72.8 Å². The zero-order valence-corrected chi connectivity index (χ0v) is 14.6. The van der Waals surface area contributed by atoms with Crippen molar-refractivity contribution in [1.29, 1.82) is 0 Å². The number of ether oxygens (including phenoxy) is 1. The third-order valence-corrected chi connectivity index (χ3v) is 3.66. The molecule has 2 rings (SSSR count). The normalized spacial score (nSPS) is 10.5. The fourth-order valence-electron chi connectivity index (χ4n) is 2.16. The second-order valence-electron chi connectivity index (χ2n) is 5.59. The summed E-state index contributed by atoms with van der Waals surface area (Å²) in [7, 11) is 1.68. The van der Waals surface area contributed by atoms with Crippen LogP contribution in [0, 0.1) is 0 Å². The summed E-state index contributed by atoms with van der Waals surface area (Å²) < 4.78 is 5.00. The summed E-state index contributed by atoms with van der Waals surface area (Å²) in [5.41, 5.74) is 1.62. The van der Waals surface area contributed by atoms with Crippen LogP contribution in [0.25, 0.3) is 0 Å². The molecule has 0 aromatic heterocycles. The minimum absolute atomic E-state index is 0.0342. The Morgan fingerprint density at radius 1 is 1.04 bits per heavy atom. The van der Waals surface area contributed by atoms with Crippen molar-refractivity contribution < 1.29 is 19.5 Å². The summed E-state index contributed by atoms with van der Waals surface area (Å²) in [5.74, 6) is -0.188. The van der Waals surface area contributed by atoms with E-state index in [2.05, 4.69) is 0 Å². The number of carbonyl (C=O) groups excluding carboxylic acids is 2. The molecule has 0 saturated heterocycles. The first-order valence-electron chi connectivity index (χ1n) is 8.24. The molecule has 0 fully saturated rings. The third kappa shape index (κ3) is 6.07. The van der Waals surface area contributed by atoms with Gasteiger partial charge < -0.3 is 9.64 Å². The van der Waals surface area contributed by atoms with Gasteiger partial charge in [-0.25, -0.2) is 4.79 Å². The minimum atomic E-state index is -0.824. The number of benzene rings is 2. The second-order valence-corrected chi connectivity index (χ2v) is 5.59. The molecule has 0 aliphatic carbocycles. The summed E-state index contributed by atoms with van der Waals surface area (Å²) in [6.07, 6.45) is 2.52. The van der Waals surface area contributed by atoms with Gasteiger partial charge >= 0.3 is 6.09 Å². The molecule has 1 N–H and O–H groups in total. The van der Waals surface area contributed by atoms with Crippen molar-refractivity contribution in [2.24, 2.45) is 0 Å². The molecule has 0 bridgehead atoms. The molecule has 0 unspecified atom stereocenters. The first-order valence-corrected chi connectivity index (χ1v) is 8.24. The first kappa shape index (κ1) is 19.2. The molecule has 0 heterocycles. The van der Waals surface area contributed by atoms with Crippen LogP contribution in [0.1, 0.15) is 12.0 Å². The van der Waals surface area contributed by atoms with Crippen LogP contribution in [-0.4, -0.2) is 35.9 Å². The highest BCUT2D eigenvalue weighted by Gasteiger charge is 2.11. The Labute approximate surface area is 152 Å². The van der Waals surface area contributed by atoms with E-state index in [1.165, 1.54) is 11.0 Å². The maximum absolute atomic E-state index is 12.1. The summed E-state index contributed by atoms with van der Waals surface area (Å²) in [5, 5.41) is 10.2. The molecular formula is C20H22N2O4. The van der Waals surface area contributed by atoms with Crippen molar-refractivity contribution >= 4 is 17.7 Å². The lowest BCUT2D eigenvalue weighted by atomic mass is 10.2. The van der Waals surface area contributed by atoms with Crippen molar-refractivity contribution in [3.8, 4) is 0 Å². The molecule has 2 aromatic carbocycles. The standard InChI is InChI=1S/C20H22N2O4/c1-21(18-12-6-3-7-13-18)19(23)14-8-9-15-22(25)20(24)26-16-17-10-4-2-5-11-17/h2-8,10-14,25H,9,15-16H2,1H3/b14-8+. The maximum Gasteiger partial charge on any atom is 0.434 e. The van der Waals surface area contributed by atoms with Gasteiger partial charge in [0.15, 0.2) is 0 Å². The van der Waals surface area contributed by atoms with Crippen molar-refractivity contribution in [2.45, 2.75) is 13.0 Å². The number of carbonyl (C=O) groups is 2. The quantitative estimate of drug-likeness (QED) is 0.468. The highest BCUT2D eigenvalue weighted by molar-refractivity contribution is 6.00. The fourth-order valence-corrected chi connectivity index (χ4v) is 2.16. The molecule has 2 amide bonds. The molecule has 6 nitrogen and oxygen atoms in total. The van der Waals surface area contributed by atoms with Gasteiger partial charge in [-0.15, -0.1) is 0 Å². The maximum atomic E-state index is 12.1. The average molecular weight is 354 g/mol. The average Bonchev–Trinajstić information content (AvgIpc) is 2.69. The highest BCUT2D eigenvalue weighted by atomic mass is 16.6. The summed E-state index contributed by atoms with van der Waals surface area (Å²) in [6.45, 7) is 0.124. The molecule has 0 saturated carbocycles. The van der Waals surface area contributed by atoms with E-state index in [0.29, 0.717) is 11.5 Å². The summed E-state index contributed by atoms with van der Waals surface area (Å²) >= 11 is 0. The van der Waals surface area contributed by atoms with E-state index in [1.54, 1.807) is 13.1 Å². The third-order valence-electron chi connectivity index (χ3n) is 3.66. The van der Waals surface area contributed by atoms with Crippen LogP contribution in [0.2, 0.25) is 0 Å². The van der Waals surface area contributed by atoms with Gasteiger partial charge in [-0.1, -0.05) is 54.6 Å². The largest absolute Gasteiger partial charge is 0.443 e. The van der Waals surface area contributed by atoms with Gasteiger partial charge in [0, 0.05) is 12.7 Å². The van der Waals surface area contributed by atoms with E-state index in [-0.39, 0.29) is 19.1 Å². The van der Waals surface area contributed by atoms with Crippen molar-refractivity contribution in [3.63, 3.8) is 0 Å². The number of para-hydroxylation sites is 1. The Balaban J connectivity index is 1.71. The second kappa shape index (κ2) is 10.0. The summed E-state index contributed by atoms with van der Waals surface area (Å²) in [6, 6.07) is 18.5. The number of nitrogens with zero attached hydrogens (tertiary/aromatic N) is 2. The minimum Gasteiger partial charge on any atom is -0.443 e. The molecule has 136 valence electrons. The van der Waals surface area contributed by atoms with Gasteiger partial charge in [0.25, 0.3) is 0 Å². The Hall–Kier alpha value is -3.12. The van der Waals surface area contributed by atoms with E-state index < -0.39 is 6.09 Å². The molecular weight excluding hydrogens is 332 g/mol. The van der Waals surface area contributed by atoms with E-state index in [0.717, 1.165) is 11.3 Å². The van der Waals surface area contributed by atoms with Crippen molar-refractivity contribution in [2.75, 3.05) is 18.5 Å². The summed E-state index contributed by atoms with van der Waals surface area (Å²) in [4.78, 5) is 25.3. The van der Waals surface area contributed by atoms with Crippen LogP contribution in [0.3, 0.4) is 0 Å². The topological polar surface area (TPSA) is 70.1 Å². The zero-order valence-electron chi connectivity index (χ0n) is 14.6. The predicted molar refractivity (Wildman–Crippen MR) is 98.7 cm³/mol. The molecule has 2 aromatic rings. The van der Waals surface area contributed by atoms with Gasteiger partial charge in [0.05, 0.1) is 6.54 Å². The predicted octanol–water partition coefficient (Wildman–Crippen LogP) is 3.62. The molecule has 0 spiro atoms. The molecule has 26 heavy (non-hydrogen) atoms. The van der Waals surface area contributed by atoms with Crippen LogP contribution in [-0.2, 0) is 16.1 Å². The number of likely N-dealkylation sites (N-methyl/N-ethyl adjacent to an activating group) is 1. The van der Waals surface area contributed by atoms with Gasteiger partial charge in [-0.3, -0.25) is 10.0 Å². The lowest BCUT2D eigenvalue weighted by Crippen LogP contribution is -2.29. The first-order chi connectivity index (χ1) is 12.6. The van der Waals surface area contributed by atoms with Gasteiger partial charge in [0.2, 0.25) is 5.91 Å². The van der Waals surface area contributed by atoms with Crippen LogP contribution in [0.4, 0.5) is 10.5 Å².